The normalized spacial score (nSPS) is 19.1. The molecule has 1 N–H and O–H groups in total. The van der Waals surface area contributed by atoms with E-state index in [0.717, 1.165) is 21.9 Å². The minimum absolute atomic E-state index is 0.224. The van der Waals surface area contributed by atoms with Gasteiger partial charge in [-0.2, -0.15) is 0 Å². The van der Waals surface area contributed by atoms with E-state index in [1.807, 2.05) is 61.5 Å². The first-order chi connectivity index (χ1) is 13.6. The molecule has 1 saturated heterocycles. The number of carbonyl (C=O) groups excluding carboxylic acids is 2. The molecule has 0 aliphatic carbocycles. The first-order valence-electron chi connectivity index (χ1n) is 9.34. The molecular formula is C23H22N2O3. The average molecular weight is 374 g/mol. The van der Waals surface area contributed by atoms with Crippen molar-refractivity contribution in [1.82, 2.24) is 10.2 Å². The fourth-order valence-electron chi connectivity index (χ4n) is 3.89. The number of imide groups is 1. The Morgan fingerprint density at radius 1 is 0.964 bits per heavy atom. The van der Waals surface area contributed by atoms with Crippen LogP contribution in [0.25, 0.3) is 10.8 Å². The summed E-state index contributed by atoms with van der Waals surface area (Å²) in [6.45, 7) is 2.15. The fraction of sp³-hybridized carbons (Fsp3) is 0.217. The molecule has 0 aromatic heterocycles. The molecule has 1 aliphatic rings. The molecule has 0 saturated carbocycles. The maximum Gasteiger partial charge on any atom is 0.325 e. The van der Waals surface area contributed by atoms with Gasteiger partial charge in [0.05, 0.1) is 13.7 Å². The number of ether oxygens (including phenoxy) is 1. The van der Waals surface area contributed by atoms with Gasteiger partial charge in [0.1, 0.15) is 11.3 Å². The summed E-state index contributed by atoms with van der Waals surface area (Å²) in [5.41, 5.74) is 0.659. The van der Waals surface area contributed by atoms with Crippen LogP contribution in [0.15, 0.2) is 66.7 Å². The van der Waals surface area contributed by atoms with Gasteiger partial charge in [-0.25, -0.2) is 4.79 Å². The highest BCUT2D eigenvalue weighted by atomic mass is 16.5. The highest BCUT2D eigenvalue weighted by molar-refractivity contribution is 6.07. The predicted octanol–water partition coefficient (Wildman–Crippen LogP) is 4.21. The van der Waals surface area contributed by atoms with Crippen molar-refractivity contribution in [2.24, 2.45) is 0 Å². The van der Waals surface area contributed by atoms with Crippen LogP contribution in [0.3, 0.4) is 0 Å². The van der Waals surface area contributed by atoms with Crippen LogP contribution in [0, 0.1) is 0 Å². The SMILES string of the molecule is CC[C@]1(c2ccc(OC)cc2)NC(=O)N(Cc2cccc3ccccc23)C1=O. The minimum atomic E-state index is -1.05. The van der Waals surface area contributed by atoms with Crippen molar-refractivity contribution < 1.29 is 14.3 Å². The number of carbonyl (C=O) groups is 2. The second-order valence-electron chi connectivity index (χ2n) is 6.95. The average Bonchev–Trinajstić information content (AvgIpc) is 2.99. The van der Waals surface area contributed by atoms with E-state index in [0.29, 0.717) is 12.2 Å². The summed E-state index contributed by atoms with van der Waals surface area (Å²) in [6, 6.07) is 20.8. The van der Waals surface area contributed by atoms with E-state index < -0.39 is 5.54 Å². The number of amides is 3. The lowest BCUT2D eigenvalue weighted by molar-refractivity contribution is -0.132. The fourth-order valence-corrected chi connectivity index (χ4v) is 3.89. The lowest BCUT2D eigenvalue weighted by Crippen LogP contribution is -2.43. The Morgan fingerprint density at radius 3 is 2.39 bits per heavy atom. The van der Waals surface area contributed by atoms with Crippen LogP contribution in [-0.2, 0) is 16.9 Å². The van der Waals surface area contributed by atoms with E-state index in [9.17, 15) is 9.59 Å². The zero-order chi connectivity index (χ0) is 19.7. The van der Waals surface area contributed by atoms with Gasteiger partial charge >= 0.3 is 6.03 Å². The number of urea groups is 1. The lowest BCUT2D eigenvalue weighted by Gasteiger charge is -2.26. The molecule has 3 aromatic rings. The van der Waals surface area contributed by atoms with E-state index in [1.165, 1.54) is 4.90 Å². The Bertz CT molecular complexity index is 1040. The van der Waals surface area contributed by atoms with Gasteiger partial charge in [0.2, 0.25) is 0 Å². The number of nitrogens with zero attached hydrogens (tertiary/aromatic N) is 1. The molecule has 0 spiro atoms. The third kappa shape index (κ3) is 2.80. The Hall–Kier alpha value is -3.34. The van der Waals surface area contributed by atoms with Gasteiger partial charge in [-0.1, -0.05) is 61.5 Å². The summed E-state index contributed by atoms with van der Waals surface area (Å²) in [5.74, 6) is 0.484. The Balaban J connectivity index is 1.69. The number of hydrogen-bond donors (Lipinski definition) is 1. The molecule has 4 rings (SSSR count). The molecule has 142 valence electrons. The van der Waals surface area contributed by atoms with E-state index in [2.05, 4.69) is 5.32 Å². The van der Waals surface area contributed by atoms with Crippen molar-refractivity contribution in [1.29, 1.82) is 0 Å². The van der Waals surface area contributed by atoms with Crippen molar-refractivity contribution in [2.45, 2.75) is 25.4 Å². The second-order valence-corrected chi connectivity index (χ2v) is 6.95. The number of nitrogens with one attached hydrogen (secondary N) is 1. The molecule has 5 nitrogen and oxygen atoms in total. The molecule has 0 unspecified atom stereocenters. The molecule has 28 heavy (non-hydrogen) atoms. The summed E-state index contributed by atoms with van der Waals surface area (Å²) in [5, 5.41) is 5.07. The molecule has 3 aromatic carbocycles. The quantitative estimate of drug-likeness (QED) is 0.681. The molecule has 5 heteroatoms. The summed E-state index contributed by atoms with van der Waals surface area (Å²) in [7, 11) is 1.60. The Labute approximate surface area is 163 Å². The lowest BCUT2D eigenvalue weighted by atomic mass is 9.87. The Kier molecular flexibility index (Phi) is 4.51. The monoisotopic (exact) mass is 374 g/mol. The van der Waals surface area contributed by atoms with Gasteiger partial charge in [-0.15, -0.1) is 0 Å². The third-order valence-corrected chi connectivity index (χ3v) is 5.50. The molecule has 1 heterocycles. The van der Waals surface area contributed by atoms with Gasteiger partial charge < -0.3 is 10.1 Å². The maximum absolute atomic E-state index is 13.4. The van der Waals surface area contributed by atoms with Crippen LogP contribution in [-0.4, -0.2) is 23.9 Å². The maximum atomic E-state index is 13.4. The van der Waals surface area contributed by atoms with Crippen LogP contribution in [0.4, 0.5) is 4.79 Å². The van der Waals surface area contributed by atoms with Gasteiger partial charge in [0, 0.05) is 0 Å². The molecule has 1 aliphatic heterocycles. The summed E-state index contributed by atoms with van der Waals surface area (Å²) in [6.07, 6.45) is 0.468. The van der Waals surface area contributed by atoms with Crippen molar-refractivity contribution in [2.75, 3.05) is 7.11 Å². The summed E-state index contributed by atoms with van der Waals surface area (Å²) in [4.78, 5) is 27.5. The molecule has 3 amide bonds. The van der Waals surface area contributed by atoms with Gasteiger partial charge in [0.25, 0.3) is 5.91 Å². The van der Waals surface area contributed by atoms with Crippen LogP contribution in [0.2, 0.25) is 0 Å². The highest BCUT2D eigenvalue weighted by Gasteiger charge is 2.51. The zero-order valence-corrected chi connectivity index (χ0v) is 15.9. The minimum Gasteiger partial charge on any atom is -0.497 e. The zero-order valence-electron chi connectivity index (χ0n) is 15.9. The van der Waals surface area contributed by atoms with E-state index in [4.69, 9.17) is 4.74 Å². The van der Waals surface area contributed by atoms with Crippen molar-refractivity contribution >= 4 is 22.7 Å². The highest BCUT2D eigenvalue weighted by Crippen LogP contribution is 2.34. The second kappa shape index (κ2) is 7.00. The van der Waals surface area contributed by atoms with Gasteiger partial charge in [0.15, 0.2) is 0 Å². The summed E-state index contributed by atoms with van der Waals surface area (Å²) >= 11 is 0. The Morgan fingerprint density at radius 2 is 1.68 bits per heavy atom. The van der Waals surface area contributed by atoms with Gasteiger partial charge in [-0.3, -0.25) is 9.69 Å². The predicted molar refractivity (Wildman–Crippen MR) is 108 cm³/mol. The standard InChI is InChI=1S/C23H22N2O3/c1-3-23(18-11-13-19(28-2)14-12-18)21(26)25(22(27)24-23)15-17-9-6-8-16-7-4-5-10-20(16)17/h4-14H,3,15H2,1-2H3,(H,24,27)/t23-/m1/s1. The molecule has 0 radical (unpaired) electrons. The molecule has 1 atom stereocenters. The van der Waals surface area contributed by atoms with Crippen LogP contribution in [0.5, 0.6) is 5.75 Å². The topological polar surface area (TPSA) is 58.6 Å². The van der Waals surface area contributed by atoms with E-state index in [1.54, 1.807) is 19.2 Å². The number of methoxy groups -OCH3 is 1. The van der Waals surface area contributed by atoms with Crippen molar-refractivity contribution in [3.8, 4) is 5.75 Å². The summed E-state index contributed by atoms with van der Waals surface area (Å²) < 4.78 is 5.20. The number of benzene rings is 3. The van der Waals surface area contributed by atoms with Crippen LogP contribution in [0.1, 0.15) is 24.5 Å². The molecule has 1 fully saturated rings. The van der Waals surface area contributed by atoms with Crippen molar-refractivity contribution in [3.05, 3.63) is 77.9 Å². The van der Waals surface area contributed by atoms with E-state index >= 15 is 0 Å². The first-order valence-corrected chi connectivity index (χ1v) is 9.34. The smallest absolute Gasteiger partial charge is 0.325 e. The number of hydrogen-bond acceptors (Lipinski definition) is 3. The van der Waals surface area contributed by atoms with E-state index in [-0.39, 0.29) is 18.5 Å². The van der Waals surface area contributed by atoms with Gasteiger partial charge in [-0.05, 0) is 40.5 Å². The molecular weight excluding hydrogens is 352 g/mol. The largest absolute Gasteiger partial charge is 0.497 e. The first kappa shape index (κ1) is 18.0. The van der Waals surface area contributed by atoms with Crippen molar-refractivity contribution in [3.63, 3.8) is 0 Å². The van der Waals surface area contributed by atoms with Crippen LogP contribution < -0.4 is 10.1 Å². The molecule has 0 bridgehead atoms. The van der Waals surface area contributed by atoms with Crippen LogP contribution >= 0.6 is 0 Å². The third-order valence-electron chi connectivity index (χ3n) is 5.50. The number of rotatable bonds is 5. The number of fused-ring (bicyclic) bond motifs is 1.